The molecule has 8 heteroatoms. The van der Waals surface area contributed by atoms with Crippen molar-refractivity contribution in [2.45, 2.75) is 12.5 Å². The van der Waals surface area contributed by atoms with Crippen LogP contribution in [0.4, 0.5) is 16.2 Å². The molecule has 158 valence electrons. The average molecular weight is 412 g/mol. The molecule has 0 aromatic heterocycles. The van der Waals surface area contributed by atoms with E-state index in [1.807, 2.05) is 67.7 Å². The number of aliphatic carboxylic acids is 2. The highest BCUT2D eigenvalue weighted by Crippen LogP contribution is 2.26. The maximum absolute atomic E-state index is 12.7. The van der Waals surface area contributed by atoms with E-state index in [2.05, 4.69) is 4.90 Å². The first kappa shape index (κ1) is 22.6. The molecule has 30 heavy (non-hydrogen) atoms. The Labute approximate surface area is 174 Å². The van der Waals surface area contributed by atoms with Gasteiger partial charge >= 0.3 is 18.0 Å². The normalized spacial score (nSPS) is 15.8. The number of para-hydroxylation sites is 2. The van der Waals surface area contributed by atoms with Crippen molar-refractivity contribution >= 4 is 29.4 Å². The van der Waals surface area contributed by atoms with Crippen LogP contribution in [0, 0.1) is 0 Å². The van der Waals surface area contributed by atoms with Gasteiger partial charge in [0, 0.05) is 25.2 Å². The van der Waals surface area contributed by atoms with Crippen LogP contribution in [0.5, 0.6) is 0 Å². The lowest BCUT2D eigenvalue weighted by Crippen LogP contribution is -2.31. The van der Waals surface area contributed by atoms with Crippen molar-refractivity contribution in [2.75, 3.05) is 25.0 Å². The lowest BCUT2D eigenvalue weighted by molar-refractivity contribution is -0.134. The number of nitrogens with zero attached hydrogens (tertiary/aromatic N) is 2. The van der Waals surface area contributed by atoms with Gasteiger partial charge in [-0.1, -0.05) is 36.4 Å². The fourth-order valence-electron chi connectivity index (χ4n) is 2.84. The first-order valence-electron chi connectivity index (χ1n) is 9.30. The number of benzene rings is 2. The Bertz CT molecular complexity index is 814. The average Bonchev–Trinajstić information content (AvgIpc) is 3.13. The van der Waals surface area contributed by atoms with Gasteiger partial charge in [0.15, 0.2) is 0 Å². The molecule has 8 nitrogen and oxygen atoms in total. The van der Waals surface area contributed by atoms with Crippen molar-refractivity contribution in [3.05, 3.63) is 72.8 Å². The molecular weight excluding hydrogens is 388 g/mol. The van der Waals surface area contributed by atoms with Crippen molar-refractivity contribution in [3.63, 3.8) is 0 Å². The number of hydrogen-bond donors (Lipinski definition) is 2. The summed E-state index contributed by atoms with van der Waals surface area (Å²) in [7, 11) is 2.04. The summed E-state index contributed by atoms with van der Waals surface area (Å²) < 4.78 is 5.70. The molecule has 3 rings (SSSR count). The molecule has 1 saturated heterocycles. The fraction of sp³-hybridized carbons (Fsp3) is 0.227. The maximum atomic E-state index is 12.7. The van der Waals surface area contributed by atoms with Crippen LogP contribution in [0.15, 0.2) is 72.8 Å². The number of likely N-dealkylation sites (tertiary alicyclic amines) is 1. The van der Waals surface area contributed by atoms with Crippen LogP contribution in [0.1, 0.15) is 6.42 Å². The molecule has 0 radical (unpaired) electrons. The van der Waals surface area contributed by atoms with E-state index < -0.39 is 11.9 Å². The zero-order chi connectivity index (χ0) is 21.9. The summed E-state index contributed by atoms with van der Waals surface area (Å²) in [6, 6.07) is 19.2. The van der Waals surface area contributed by atoms with Gasteiger partial charge in [-0.05, 0) is 37.7 Å². The van der Waals surface area contributed by atoms with E-state index in [1.165, 1.54) is 0 Å². The highest BCUT2D eigenvalue weighted by molar-refractivity contribution is 5.96. The van der Waals surface area contributed by atoms with E-state index in [4.69, 9.17) is 14.9 Å². The third-order valence-corrected chi connectivity index (χ3v) is 4.20. The zero-order valence-corrected chi connectivity index (χ0v) is 16.5. The Morgan fingerprint density at radius 1 is 0.933 bits per heavy atom. The second kappa shape index (κ2) is 11.4. The number of anilines is 2. The van der Waals surface area contributed by atoms with Crippen LogP contribution in [0.3, 0.4) is 0 Å². The summed E-state index contributed by atoms with van der Waals surface area (Å²) in [6.07, 6.45) is 1.65. The number of ether oxygens (including phenoxy) is 1. The maximum Gasteiger partial charge on any atom is 0.419 e. The minimum atomic E-state index is -1.26. The van der Waals surface area contributed by atoms with Crippen molar-refractivity contribution in [1.82, 2.24) is 4.90 Å². The first-order valence-corrected chi connectivity index (χ1v) is 9.30. The second-order valence-electron chi connectivity index (χ2n) is 6.57. The highest BCUT2D eigenvalue weighted by atomic mass is 16.6. The van der Waals surface area contributed by atoms with Crippen molar-refractivity contribution in [3.8, 4) is 0 Å². The Kier molecular flexibility index (Phi) is 8.58. The third kappa shape index (κ3) is 7.40. The topological polar surface area (TPSA) is 107 Å². The SMILES string of the molecule is CN1CCC(OC(=O)N(c2ccccc2)c2ccccc2)C1.O=C(O)/C=C\C(=O)O. The van der Waals surface area contributed by atoms with Crippen LogP contribution >= 0.6 is 0 Å². The summed E-state index contributed by atoms with van der Waals surface area (Å²) in [5.41, 5.74) is 1.62. The Morgan fingerprint density at radius 2 is 1.40 bits per heavy atom. The molecule has 0 bridgehead atoms. The van der Waals surface area contributed by atoms with E-state index in [1.54, 1.807) is 4.90 Å². The summed E-state index contributed by atoms with van der Waals surface area (Å²) in [5, 5.41) is 15.6. The summed E-state index contributed by atoms with van der Waals surface area (Å²) in [4.78, 5) is 35.6. The van der Waals surface area contributed by atoms with Crippen LogP contribution in [-0.2, 0) is 14.3 Å². The number of carboxylic acids is 2. The van der Waals surface area contributed by atoms with Crippen LogP contribution in [-0.4, -0.2) is 59.4 Å². The minimum Gasteiger partial charge on any atom is -0.478 e. The van der Waals surface area contributed by atoms with Gasteiger partial charge in [0.05, 0.1) is 11.4 Å². The number of carbonyl (C=O) groups excluding carboxylic acids is 1. The predicted molar refractivity (Wildman–Crippen MR) is 112 cm³/mol. The van der Waals surface area contributed by atoms with Gasteiger partial charge < -0.3 is 19.8 Å². The van der Waals surface area contributed by atoms with Crippen molar-refractivity contribution in [1.29, 1.82) is 0 Å². The molecule has 1 aliphatic heterocycles. The van der Waals surface area contributed by atoms with E-state index in [0.717, 1.165) is 30.9 Å². The van der Waals surface area contributed by atoms with Crippen LogP contribution in [0.2, 0.25) is 0 Å². The monoisotopic (exact) mass is 412 g/mol. The standard InChI is InChI=1S/C18H20N2O2.C4H4O4/c1-19-13-12-17(14-19)22-18(21)20(15-8-4-2-5-9-15)16-10-6-3-7-11-16;5-3(6)1-2-4(7)8/h2-11,17H,12-14H2,1H3;1-2H,(H,5,6)(H,7,8)/b;2-1-. The zero-order valence-electron chi connectivity index (χ0n) is 16.5. The second-order valence-corrected chi connectivity index (χ2v) is 6.57. The third-order valence-electron chi connectivity index (χ3n) is 4.20. The number of hydrogen-bond acceptors (Lipinski definition) is 5. The summed E-state index contributed by atoms with van der Waals surface area (Å²) >= 11 is 0. The molecular formula is C22H24N2O6. The number of rotatable bonds is 5. The molecule has 0 spiro atoms. The molecule has 2 aromatic carbocycles. The van der Waals surface area contributed by atoms with Gasteiger partial charge in [0.25, 0.3) is 0 Å². The van der Waals surface area contributed by atoms with E-state index >= 15 is 0 Å². The molecule has 2 aromatic rings. The Morgan fingerprint density at radius 3 is 1.77 bits per heavy atom. The highest BCUT2D eigenvalue weighted by Gasteiger charge is 2.27. The van der Waals surface area contributed by atoms with Crippen LogP contribution in [0.25, 0.3) is 0 Å². The van der Waals surface area contributed by atoms with Gasteiger partial charge in [-0.25, -0.2) is 19.3 Å². The lowest BCUT2D eigenvalue weighted by atomic mass is 10.2. The van der Waals surface area contributed by atoms with Crippen LogP contribution < -0.4 is 4.90 Å². The number of carbonyl (C=O) groups is 3. The molecule has 1 atom stereocenters. The quantitative estimate of drug-likeness (QED) is 0.725. The fourth-order valence-corrected chi connectivity index (χ4v) is 2.84. The molecule has 0 aliphatic carbocycles. The van der Waals surface area contributed by atoms with Crippen molar-refractivity contribution in [2.24, 2.45) is 0 Å². The van der Waals surface area contributed by atoms with Gasteiger partial charge in [-0.2, -0.15) is 0 Å². The predicted octanol–water partition coefficient (Wildman–Crippen LogP) is 3.38. The summed E-state index contributed by atoms with van der Waals surface area (Å²) in [6.45, 7) is 1.76. The molecule has 0 saturated carbocycles. The number of likely N-dealkylation sites (N-methyl/N-ethyl adjacent to an activating group) is 1. The molecule has 1 aliphatic rings. The first-order chi connectivity index (χ1) is 14.4. The number of amides is 1. The van der Waals surface area contributed by atoms with Gasteiger partial charge in [0.1, 0.15) is 6.10 Å². The molecule has 1 unspecified atom stereocenters. The lowest BCUT2D eigenvalue weighted by Gasteiger charge is -2.24. The van der Waals surface area contributed by atoms with Gasteiger partial charge in [0.2, 0.25) is 0 Å². The molecule has 2 N–H and O–H groups in total. The van der Waals surface area contributed by atoms with Gasteiger partial charge in [-0.15, -0.1) is 0 Å². The largest absolute Gasteiger partial charge is 0.478 e. The Balaban J connectivity index is 0.000000343. The van der Waals surface area contributed by atoms with E-state index in [-0.39, 0.29) is 12.2 Å². The van der Waals surface area contributed by atoms with Gasteiger partial charge in [-0.3, -0.25) is 0 Å². The van der Waals surface area contributed by atoms with E-state index in [9.17, 15) is 14.4 Å². The van der Waals surface area contributed by atoms with E-state index in [0.29, 0.717) is 12.2 Å². The Hall–Kier alpha value is -3.65. The molecule has 1 fully saturated rings. The molecule has 1 heterocycles. The summed E-state index contributed by atoms with van der Waals surface area (Å²) in [5.74, 6) is -2.51. The number of carboxylic acid groups (broad SMARTS) is 2. The smallest absolute Gasteiger partial charge is 0.419 e. The minimum absolute atomic E-state index is 0.0348. The molecule has 1 amide bonds. The van der Waals surface area contributed by atoms with Crippen molar-refractivity contribution < 1.29 is 29.3 Å².